The minimum absolute atomic E-state index is 0.0578. The van der Waals surface area contributed by atoms with E-state index in [2.05, 4.69) is 5.32 Å². The number of aryl methyl sites for hydroxylation is 3. The van der Waals surface area contributed by atoms with Gasteiger partial charge in [-0.15, -0.1) is 0 Å². The van der Waals surface area contributed by atoms with Crippen molar-refractivity contribution >= 4 is 50.7 Å². The van der Waals surface area contributed by atoms with E-state index in [4.69, 9.17) is 23.2 Å². The fourth-order valence-corrected chi connectivity index (χ4v) is 6.57. The smallest absolute Gasteiger partial charge is 0.264 e. The monoisotopic (exact) mass is 631 g/mol. The Hall–Kier alpha value is -3.07. The van der Waals surface area contributed by atoms with Gasteiger partial charge in [0.1, 0.15) is 12.6 Å². The second kappa shape index (κ2) is 14.4. The topological polar surface area (TPSA) is 86.8 Å². The van der Waals surface area contributed by atoms with Gasteiger partial charge in [-0.2, -0.15) is 0 Å². The molecule has 0 aromatic heterocycles. The number of anilines is 1. The number of carbonyl (C=O) groups is 2. The van der Waals surface area contributed by atoms with Crippen molar-refractivity contribution in [3.05, 3.63) is 93.0 Å². The second-order valence-electron chi connectivity index (χ2n) is 11.0. The molecule has 3 aromatic carbocycles. The van der Waals surface area contributed by atoms with Gasteiger partial charge in [0.25, 0.3) is 10.0 Å². The van der Waals surface area contributed by atoms with Gasteiger partial charge in [-0.05, 0) is 80.6 Å². The summed E-state index contributed by atoms with van der Waals surface area (Å²) in [6.07, 6.45) is 0.298. The number of sulfonamides is 1. The minimum atomic E-state index is -4.16. The van der Waals surface area contributed by atoms with E-state index < -0.39 is 28.5 Å². The van der Waals surface area contributed by atoms with Crippen molar-refractivity contribution in [1.82, 2.24) is 10.2 Å². The highest BCUT2D eigenvalue weighted by Crippen LogP contribution is 2.29. The Morgan fingerprint density at radius 1 is 0.881 bits per heavy atom. The zero-order valence-electron chi connectivity index (χ0n) is 24.9. The first-order valence-electron chi connectivity index (χ1n) is 13.9. The lowest BCUT2D eigenvalue weighted by Gasteiger charge is -2.34. The van der Waals surface area contributed by atoms with Crippen LogP contribution in [0.4, 0.5) is 5.69 Å². The van der Waals surface area contributed by atoms with Gasteiger partial charge in [0.2, 0.25) is 11.8 Å². The van der Waals surface area contributed by atoms with Crippen LogP contribution >= 0.6 is 23.2 Å². The van der Waals surface area contributed by atoms with Gasteiger partial charge in [-0.1, -0.05) is 73.8 Å². The summed E-state index contributed by atoms with van der Waals surface area (Å²) in [6, 6.07) is 16.0. The van der Waals surface area contributed by atoms with Crippen LogP contribution in [0.3, 0.4) is 0 Å². The first kappa shape index (κ1) is 33.4. The molecule has 0 aliphatic rings. The molecule has 0 saturated heterocycles. The van der Waals surface area contributed by atoms with Crippen molar-refractivity contribution in [3.63, 3.8) is 0 Å². The highest BCUT2D eigenvalue weighted by atomic mass is 35.5. The maximum Gasteiger partial charge on any atom is 0.264 e. The normalized spacial score (nSPS) is 12.2. The Kier molecular flexibility index (Phi) is 11.5. The number of nitrogens with zero attached hydrogens (tertiary/aromatic N) is 2. The summed E-state index contributed by atoms with van der Waals surface area (Å²) in [5.41, 5.74) is 3.43. The van der Waals surface area contributed by atoms with Crippen molar-refractivity contribution in [2.75, 3.05) is 17.4 Å². The van der Waals surface area contributed by atoms with Gasteiger partial charge >= 0.3 is 0 Å². The summed E-state index contributed by atoms with van der Waals surface area (Å²) in [4.78, 5) is 29.1. The molecule has 42 heavy (non-hydrogen) atoms. The predicted molar refractivity (Wildman–Crippen MR) is 171 cm³/mol. The highest BCUT2D eigenvalue weighted by Gasteiger charge is 2.34. The lowest BCUT2D eigenvalue weighted by molar-refractivity contribution is -0.140. The quantitative estimate of drug-likeness (QED) is 0.241. The fourth-order valence-electron chi connectivity index (χ4n) is 4.66. The highest BCUT2D eigenvalue weighted by molar-refractivity contribution is 7.92. The molecule has 10 heteroatoms. The number of amides is 2. The number of halogens is 2. The van der Waals surface area contributed by atoms with E-state index >= 15 is 0 Å². The summed E-state index contributed by atoms with van der Waals surface area (Å²) in [5, 5.41) is 3.60. The van der Waals surface area contributed by atoms with Crippen molar-refractivity contribution in [3.8, 4) is 0 Å². The third kappa shape index (κ3) is 8.27. The van der Waals surface area contributed by atoms with E-state index in [1.807, 2.05) is 40.7 Å². The van der Waals surface area contributed by atoms with Crippen LogP contribution in [0.5, 0.6) is 0 Å². The second-order valence-corrected chi connectivity index (χ2v) is 13.6. The van der Waals surface area contributed by atoms with E-state index in [1.165, 1.54) is 17.0 Å². The van der Waals surface area contributed by atoms with Crippen LogP contribution in [-0.2, 0) is 26.2 Å². The summed E-state index contributed by atoms with van der Waals surface area (Å²) in [6.45, 7) is 11.2. The lowest BCUT2D eigenvalue weighted by Crippen LogP contribution is -2.52. The zero-order chi connectivity index (χ0) is 31.2. The molecular weight excluding hydrogens is 593 g/mol. The number of hydrogen-bond donors (Lipinski definition) is 1. The first-order valence-corrected chi connectivity index (χ1v) is 16.1. The van der Waals surface area contributed by atoms with Crippen molar-refractivity contribution in [2.45, 2.75) is 65.4 Å². The van der Waals surface area contributed by atoms with Crippen LogP contribution in [0.15, 0.2) is 65.6 Å². The van der Waals surface area contributed by atoms with Gasteiger partial charge in [0.05, 0.1) is 10.6 Å². The van der Waals surface area contributed by atoms with Crippen LogP contribution in [-0.4, -0.2) is 44.3 Å². The van der Waals surface area contributed by atoms with Crippen molar-refractivity contribution in [2.24, 2.45) is 5.92 Å². The maximum absolute atomic E-state index is 14.3. The summed E-state index contributed by atoms with van der Waals surface area (Å²) >= 11 is 13.0. The molecule has 226 valence electrons. The Morgan fingerprint density at radius 3 is 1.98 bits per heavy atom. The molecule has 0 aliphatic heterocycles. The van der Waals surface area contributed by atoms with Crippen molar-refractivity contribution in [1.29, 1.82) is 0 Å². The van der Waals surface area contributed by atoms with Gasteiger partial charge in [0, 0.05) is 28.7 Å². The van der Waals surface area contributed by atoms with E-state index in [1.54, 1.807) is 49.4 Å². The molecule has 3 rings (SSSR count). The minimum Gasteiger partial charge on any atom is -0.354 e. The largest absolute Gasteiger partial charge is 0.354 e. The maximum atomic E-state index is 14.3. The van der Waals surface area contributed by atoms with Gasteiger partial charge < -0.3 is 10.2 Å². The predicted octanol–water partition coefficient (Wildman–Crippen LogP) is 6.69. The molecule has 0 aliphatic carbocycles. The average molecular weight is 633 g/mol. The molecule has 1 atom stereocenters. The molecule has 7 nitrogen and oxygen atoms in total. The van der Waals surface area contributed by atoms with Gasteiger partial charge in [-0.3, -0.25) is 13.9 Å². The number of rotatable bonds is 12. The Bertz CT molecular complexity index is 1480. The van der Waals surface area contributed by atoms with Crippen molar-refractivity contribution < 1.29 is 18.0 Å². The SMILES string of the molecule is CC[C@H](C(=O)NCC(C)C)N(Cc1c(Cl)cccc1Cl)C(=O)CN(c1cc(C)cc(C)c1)S(=O)(=O)c1ccc(C)cc1. The van der Waals surface area contributed by atoms with E-state index in [0.717, 1.165) is 21.0 Å². The molecule has 0 saturated carbocycles. The summed E-state index contributed by atoms with van der Waals surface area (Å²) in [7, 11) is -4.16. The third-order valence-electron chi connectivity index (χ3n) is 6.84. The van der Waals surface area contributed by atoms with E-state index in [9.17, 15) is 18.0 Å². The Morgan fingerprint density at radius 2 is 1.45 bits per heavy atom. The molecule has 0 spiro atoms. The first-order chi connectivity index (χ1) is 19.7. The molecule has 0 heterocycles. The standard InChI is InChI=1S/C32H39Cl2N3O4S/c1-7-30(32(39)35-18-21(2)3)36(19-27-28(33)9-8-10-29(27)34)31(38)20-37(25-16-23(5)15-24(6)17-25)42(40,41)26-13-11-22(4)12-14-26/h8-17,21,30H,7,18-20H2,1-6H3,(H,35,39)/t30-/m1/s1. The van der Waals surface area contributed by atoms with E-state index in [-0.39, 0.29) is 23.3 Å². The molecule has 2 amide bonds. The van der Waals surface area contributed by atoms with Crippen LogP contribution < -0.4 is 9.62 Å². The lowest BCUT2D eigenvalue weighted by atomic mass is 10.1. The van der Waals surface area contributed by atoms with Gasteiger partial charge in [-0.25, -0.2) is 8.42 Å². The average Bonchev–Trinajstić information content (AvgIpc) is 2.91. The van der Waals surface area contributed by atoms with Crippen LogP contribution in [0.2, 0.25) is 10.0 Å². The Labute approximate surface area is 259 Å². The molecule has 3 aromatic rings. The third-order valence-corrected chi connectivity index (χ3v) is 9.34. The fraction of sp³-hybridized carbons (Fsp3) is 0.375. The van der Waals surface area contributed by atoms with Gasteiger partial charge in [0.15, 0.2) is 0 Å². The zero-order valence-corrected chi connectivity index (χ0v) is 27.3. The molecule has 0 fully saturated rings. The van der Waals surface area contributed by atoms with Crippen LogP contribution in [0, 0.1) is 26.7 Å². The summed E-state index contributed by atoms with van der Waals surface area (Å²) < 4.78 is 29.3. The number of carbonyl (C=O) groups excluding carboxylic acids is 2. The molecule has 0 radical (unpaired) electrons. The Balaban J connectivity index is 2.12. The molecule has 0 bridgehead atoms. The molecule has 1 N–H and O–H groups in total. The van der Waals surface area contributed by atoms with Crippen LogP contribution in [0.25, 0.3) is 0 Å². The number of nitrogens with one attached hydrogen (secondary N) is 1. The number of benzene rings is 3. The number of hydrogen-bond acceptors (Lipinski definition) is 4. The molecule has 0 unspecified atom stereocenters. The molecular formula is C32H39Cl2N3O4S. The van der Waals surface area contributed by atoms with Crippen LogP contribution in [0.1, 0.15) is 49.4 Å². The summed E-state index contributed by atoms with van der Waals surface area (Å²) in [5.74, 6) is -0.692. The van der Waals surface area contributed by atoms with E-state index in [0.29, 0.717) is 34.3 Å².